The Balaban J connectivity index is 1.75. The first kappa shape index (κ1) is 18.9. The van der Waals surface area contributed by atoms with Crippen molar-refractivity contribution in [2.45, 2.75) is 11.1 Å². The average molecular weight is 407 g/mol. The number of sulfonamides is 1. The minimum atomic E-state index is -4.56. The fourth-order valence-electron chi connectivity index (χ4n) is 2.58. The van der Waals surface area contributed by atoms with Gasteiger partial charge in [0.25, 0.3) is 0 Å². The summed E-state index contributed by atoms with van der Waals surface area (Å²) in [6, 6.07) is 6.90. The van der Waals surface area contributed by atoms with E-state index in [2.05, 4.69) is 9.97 Å². The van der Waals surface area contributed by atoms with Crippen molar-refractivity contribution in [1.82, 2.24) is 14.3 Å². The fourth-order valence-corrected chi connectivity index (χ4v) is 4.50. The van der Waals surface area contributed by atoms with Crippen molar-refractivity contribution >= 4 is 27.6 Å². The van der Waals surface area contributed by atoms with Crippen molar-refractivity contribution < 1.29 is 21.6 Å². The Morgan fingerprint density at radius 1 is 1.04 bits per heavy atom. The maximum absolute atomic E-state index is 12.8. The molecule has 26 heavy (non-hydrogen) atoms. The zero-order valence-electron chi connectivity index (χ0n) is 13.3. The van der Waals surface area contributed by atoms with Gasteiger partial charge in [-0.15, -0.1) is 0 Å². The van der Waals surface area contributed by atoms with Gasteiger partial charge in [-0.1, -0.05) is 23.7 Å². The first-order valence-corrected chi connectivity index (χ1v) is 9.41. The van der Waals surface area contributed by atoms with Gasteiger partial charge in [0, 0.05) is 32.4 Å². The van der Waals surface area contributed by atoms with E-state index in [1.807, 2.05) is 0 Å². The van der Waals surface area contributed by atoms with E-state index in [9.17, 15) is 21.6 Å². The van der Waals surface area contributed by atoms with Gasteiger partial charge >= 0.3 is 6.18 Å². The van der Waals surface area contributed by atoms with E-state index in [1.54, 1.807) is 12.1 Å². The normalized spacial score (nSPS) is 16.7. The highest BCUT2D eigenvalue weighted by molar-refractivity contribution is 7.89. The minimum Gasteiger partial charge on any atom is -0.338 e. The van der Waals surface area contributed by atoms with E-state index in [4.69, 9.17) is 11.6 Å². The minimum absolute atomic E-state index is 0.00503. The summed E-state index contributed by atoms with van der Waals surface area (Å²) in [7, 11) is -3.78. The lowest BCUT2D eigenvalue weighted by Crippen LogP contribution is -2.49. The number of halogens is 4. The van der Waals surface area contributed by atoms with Crippen molar-refractivity contribution in [3.63, 3.8) is 0 Å². The highest BCUT2D eigenvalue weighted by Crippen LogP contribution is 2.29. The number of benzene rings is 1. The average Bonchev–Trinajstić information content (AvgIpc) is 2.61. The summed E-state index contributed by atoms with van der Waals surface area (Å²) >= 11 is 5.97. The Morgan fingerprint density at radius 3 is 2.31 bits per heavy atom. The van der Waals surface area contributed by atoms with Crippen molar-refractivity contribution in [3.8, 4) is 0 Å². The van der Waals surface area contributed by atoms with Crippen LogP contribution in [0.15, 0.2) is 41.4 Å². The maximum atomic E-state index is 12.8. The Morgan fingerprint density at radius 2 is 1.69 bits per heavy atom. The van der Waals surface area contributed by atoms with Gasteiger partial charge in [-0.05, 0) is 18.2 Å². The van der Waals surface area contributed by atoms with Gasteiger partial charge in [0.15, 0.2) is 0 Å². The molecule has 0 aliphatic carbocycles. The van der Waals surface area contributed by atoms with Gasteiger partial charge in [0.2, 0.25) is 16.0 Å². The molecule has 1 saturated heterocycles. The van der Waals surface area contributed by atoms with Crippen LogP contribution in [0.3, 0.4) is 0 Å². The van der Waals surface area contributed by atoms with Gasteiger partial charge in [0.05, 0.1) is 5.02 Å². The van der Waals surface area contributed by atoms with E-state index < -0.39 is 21.9 Å². The maximum Gasteiger partial charge on any atom is 0.433 e. The molecule has 3 rings (SSSR count). The van der Waals surface area contributed by atoms with E-state index in [1.165, 1.54) is 21.3 Å². The lowest BCUT2D eigenvalue weighted by molar-refractivity contribution is -0.141. The van der Waals surface area contributed by atoms with Crippen LogP contribution in [0.2, 0.25) is 5.02 Å². The molecule has 140 valence electrons. The van der Waals surface area contributed by atoms with Crippen molar-refractivity contribution in [1.29, 1.82) is 0 Å². The number of rotatable bonds is 3. The molecule has 2 aromatic rings. The van der Waals surface area contributed by atoms with Crippen LogP contribution in [0.1, 0.15) is 5.69 Å². The molecular formula is C15H14ClF3N4O2S. The second kappa shape index (κ2) is 7.01. The predicted octanol–water partition coefficient (Wildman–Crippen LogP) is 2.66. The smallest absolute Gasteiger partial charge is 0.338 e. The van der Waals surface area contributed by atoms with Crippen molar-refractivity contribution in [3.05, 3.63) is 47.2 Å². The highest BCUT2D eigenvalue weighted by atomic mass is 35.5. The lowest BCUT2D eigenvalue weighted by atomic mass is 10.3. The van der Waals surface area contributed by atoms with Gasteiger partial charge in [-0.25, -0.2) is 18.4 Å². The van der Waals surface area contributed by atoms with E-state index in [0.717, 1.165) is 12.3 Å². The molecule has 0 bridgehead atoms. The zero-order valence-corrected chi connectivity index (χ0v) is 14.9. The molecule has 0 radical (unpaired) electrons. The highest BCUT2D eigenvalue weighted by Gasteiger charge is 2.34. The third-order valence-corrected chi connectivity index (χ3v) is 6.31. The standard InChI is InChI=1S/C15H14ClF3N4O2S/c16-11-3-1-2-4-12(11)26(24,25)23-9-7-22(8-10-23)14-20-6-5-13(21-14)15(17,18)19/h1-6H,7-10H2. The number of nitrogens with zero attached hydrogens (tertiary/aromatic N) is 4. The van der Waals surface area contributed by atoms with Crippen LogP contribution >= 0.6 is 11.6 Å². The lowest BCUT2D eigenvalue weighted by Gasteiger charge is -2.34. The number of piperazine rings is 1. The van der Waals surface area contributed by atoms with Gasteiger partial charge in [-0.2, -0.15) is 17.5 Å². The van der Waals surface area contributed by atoms with Gasteiger partial charge in [0.1, 0.15) is 10.6 Å². The summed E-state index contributed by atoms with van der Waals surface area (Å²) in [4.78, 5) is 8.92. The molecule has 1 aromatic heterocycles. The Bertz CT molecular complexity index is 900. The first-order valence-electron chi connectivity index (χ1n) is 7.59. The van der Waals surface area contributed by atoms with Gasteiger partial charge < -0.3 is 4.90 Å². The molecule has 0 atom stereocenters. The molecule has 0 spiro atoms. The SMILES string of the molecule is O=S(=O)(c1ccccc1Cl)N1CCN(c2nccc(C(F)(F)F)n2)CC1. The number of hydrogen-bond donors (Lipinski definition) is 0. The van der Waals surface area contributed by atoms with E-state index in [-0.39, 0.29) is 42.0 Å². The Kier molecular flexibility index (Phi) is 5.09. The molecule has 1 aromatic carbocycles. The third-order valence-electron chi connectivity index (χ3n) is 3.91. The molecule has 2 heterocycles. The van der Waals surface area contributed by atoms with E-state index in [0.29, 0.717) is 0 Å². The summed E-state index contributed by atoms with van der Waals surface area (Å²) < 4.78 is 64.9. The summed E-state index contributed by atoms with van der Waals surface area (Å²) in [5.41, 5.74) is -1.03. The Hall–Kier alpha value is -1.91. The molecule has 6 nitrogen and oxygen atoms in total. The third kappa shape index (κ3) is 3.76. The summed E-state index contributed by atoms with van der Waals surface area (Å²) in [5, 5.41) is 0.121. The summed E-state index contributed by atoms with van der Waals surface area (Å²) in [5.74, 6) is -0.0744. The molecule has 1 fully saturated rings. The second-order valence-corrected chi connectivity index (χ2v) is 7.87. The molecule has 0 amide bonds. The summed E-state index contributed by atoms with van der Waals surface area (Å²) in [6.45, 7) is 0.524. The van der Waals surface area contributed by atoms with Crippen LogP contribution < -0.4 is 4.90 Å². The number of alkyl halides is 3. The van der Waals surface area contributed by atoms with Crippen LogP contribution in [-0.4, -0.2) is 48.9 Å². The zero-order chi connectivity index (χ0) is 18.9. The van der Waals surface area contributed by atoms with Crippen LogP contribution in [0, 0.1) is 0 Å². The van der Waals surface area contributed by atoms with E-state index >= 15 is 0 Å². The number of aromatic nitrogens is 2. The predicted molar refractivity (Wildman–Crippen MR) is 89.5 cm³/mol. The largest absolute Gasteiger partial charge is 0.433 e. The molecule has 1 aliphatic heterocycles. The quantitative estimate of drug-likeness (QED) is 0.784. The van der Waals surface area contributed by atoms with Crippen LogP contribution in [0.25, 0.3) is 0 Å². The monoisotopic (exact) mass is 406 g/mol. The first-order chi connectivity index (χ1) is 12.2. The molecule has 0 saturated carbocycles. The fraction of sp³-hybridized carbons (Fsp3) is 0.333. The van der Waals surface area contributed by atoms with Crippen LogP contribution in [0.4, 0.5) is 19.1 Å². The van der Waals surface area contributed by atoms with Crippen molar-refractivity contribution in [2.24, 2.45) is 0 Å². The molecular weight excluding hydrogens is 393 g/mol. The Labute approximate surface area is 153 Å². The van der Waals surface area contributed by atoms with Crippen LogP contribution in [-0.2, 0) is 16.2 Å². The van der Waals surface area contributed by atoms with Gasteiger partial charge in [-0.3, -0.25) is 0 Å². The van der Waals surface area contributed by atoms with Crippen molar-refractivity contribution in [2.75, 3.05) is 31.1 Å². The second-order valence-electron chi connectivity index (χ2n) is 5.56. The molecule has 0 unspecified atom stereocenters. The number of hydrogen-bond acceptors (Lipinski definition) is 5. The van der Waals surface area contributed by atoms with Crippen LogP contribution in [0.5, 0.6) is 0 Å². The summed E-state index contributed by atoms with van der Waals surface area (Å²) in [6.07, 6.45) is -3.52. The molecule has 0 N–H and O–H groups in total. The molecule has 1 aliphatic rings. The molecule has 11 heteroatoms. The topological polar surface area (TPSA) is 66.4 Å². The number of anilines is 1.